The van der Waals surface area contributed by atoms with E-state index in [9.17, 15) is 14.9 Å². The SMILES string of the molecule is Cc1c(C2=N/C(=C/c3cccs3)C(=O)O2)cccc1[N+](=O)[O-]. The highest BCUT2D eigenvalue weighted by molar-refractivity contribution is 7.10. The quantitative estimate of drug-likeness (QED) is 0.377. The van der Waals surface area contributed by atoms with E-state index in [2.05, 4.69) is 4.99 Å². The summed E-state index contributed by atoms with van der Waals surface area (Å²) in [4.78, 5) is 27.4. The second-order valence-corrected chi connectivity index (χ2v) is 5.54. The molecule has 0 unspecified atom stereocenters. The molecule has 1 aliphatic rings. The number of esters is 1. The van der Waals surface area contributed by atoms with Gasteiger partial charge in [0.1, 0.15) is 0 Å². The van der Waals surface area contributed by atoms with Crippen molar-refractivity contribution in [1.82, 2.24) is 0 Å². The van der Waals surface area contributed by atoms with Gasteiger partial charge in [0.25, 0.3) is 5.69 Å². The van der Waals surface area contributed by atoms with Gasteiger partial charge >= 0.3 is 5.97 Å². The number of thiophene rings is 1. The molecule has 3 rings (SSSR count). The Morgan fingerprint density at radius 1 is 1.32 bits per heavy atom. The van der Waals surface area contributed by atoms with Crippen LogP contribution in [0.3, 0.4) is 0 Å². The third kappa shape index (κ3) is 2.53. The lowest BCUT2D eigenvalue weighted by atomic mass is 10.1. The van der Waals surface area contributed by atoms with E-state index in [1.165, 1.54) is 23.5 Å². The highest BCUT2D eigenvalue weighted by Crippen LogP contribution is 2.26. The van der Waals surface area contributed by atoms with Crippen LogP contribution in [0.2, 0.25) is 0 Å². The van der Waals surface area contributed by atoms with Gasteiger partial charge in [-0.3, -0.25) is 10.1 Å². The van der Waals surface area contributed by atoms with E-state index >= 15 is 0 Å². The molecule has 2 heterocycles. The number of hydrogen-bond donors (Lipinski definition) is 0. The summed E-state index contributed by atoms with van der Waals surface area (Å²) in [5, 5.41) is 12.9. The number of benzene rings is 1. The number of carbonyl (C=O) groups is 1. The van der Waals surface area contributed by atoms with Crippen LogP contribution in [0.4, 0.5) is 5.69 Å². The summed E-state index contributed by atoms with van der Waals surface area (Å²) in [6.07, 6.45) is 1.63. The van der Waals surface area contributed by atoms with Gasteiger partial charge in [-0.25, -0.2) is 9.79 Å². The minimum atomic E-state index is -0.561. The Kier molecular flexibility index (Phi) is 3.56. The summed E-state index contributed by atoms with van der Waals surface area (Å²) >= 11 is 1.48. The van der Waals surface area contributed by atoms with Crippen molar-refractivity contribution in [3.63, 3.8) is 0 Å². The van der Waals surface area contributed by atoms with Crippen LogP contribution >= 0.6 is 11.3 Å². The Morgan fingerprint density at radius 2 is 2.14 bits per heavy atom. The summed E-state index contributed by atoms with van der Waals surface area (Å²) in [5.74, 6) is -0.469. The van der Waals surface area contributed by atoms with Crippen molar-refractivity contribution in [2.75, 3.05) is 0 Å². The first-order valence-corrected chi connectivity index (χ1v) is 7.24. The number of hydrogen-bond acceptors (Lipinski definition) is 6. The molecular weight excluding hydrogens is 304 g/mol. The fourth-order valence-corrected chi connectivity index (χ4v) is 2.74. The van der Waals surface area contributed by atoms with E-state index in [0.29, 0.717) is 11.1 Å². The second kappa shape index (κ2) is 5.53. The Balaban J connectivity index is 2.02. The molecule has 6 nitrogen and oxygen atoms in total. The molecule has 7 heteroatoms. The van der Waals surface area contributed by atoms with Gasteiger partial charge in [-0.15, -0.1) is 11.3 Å². The van der Waals surface area contributed by atoms with Crippen LogP contribution in [0.5, 0.6) is 0 Å². The first-order valence-electron chi connectivity index (χ1n) is 6.36. The Labute approximate surface area is 129 Å². The van der Waals surface area contributed by atoms with Crippen LogP contribution in [0, 0.1) is 17.0 Å². The molecular formula is C15H10N2O4S. The average Bonchev–Trinajstić information content (AvgIpc) is 3.10. The van der Waals surface area contributed by atoms with Gasteiger partial charge < -0.3 is 4.74 Å². The van der Waals surface area contributed by atoms with Gasteiger partial charge in [0, 0.05) is 22.1 Å². The van der Waals surface area contributed by atoms with Crippen LogP contribution in [0.25, 0.3) is 6.08 Å². The summed E-state index contributed by atoms with van der Waals surface area (Å²) in [5.41, 5.74) is 1.00. The number of nitro benzene ring substituents is 1. The topological polar surface area (TPSA) is 81.8 Å². The molecule has 0 amide bonds. The molecule has 110 valence electrons. The molecule has 1 aromatic carbocycles. The monoisotopic (exact) mass is 314 g/mol. The first-order chi connectivity index (χ1) is 10.6. The maximum Gasteiger partial charge on any atom is 0.363 e. The molecule has 22 heavy (non-hydrogen) atoms. The predicted octanol–water partition coefficient (Wildman–Crippen LogP) is 3.31. The molecule has 0 saturated carbocycles. The van der Waals surface area contributed by atoms with Crippen molar-refractivity contribution in [3.05, 3.63) is 67.5 Å². The lowest BCUT2D eigenvalue weighted by molar-refractivity contribution is -0.385. The zero-order valence-electron chi connectivity index (χ0n) is 11.5. The molecule has 2 aromatic rings. The smallest absolute Gasteiger partial charge is 0.363 e. The summed E-state index contributed by atoms with van der Waals surface area (Å²) in [6, 6.07) is 8.31. The van der Waals surface area contributed by atoms with Crippen LogP contribution in [0.15, 0.2) is 46.4 Å². The standard InChI is InChI=1S/C15H10N2O4S/c1-9-11(5-2-6-13(9)17(19)20)14-16-12(15(18)21-14)8-10-4-3-7-22-10/h2-8H,1H3/b12-8+. The van der Waals surface area contributed by atoms with Crippen molar-refractivity contribution in [3.8, 4) is 0 Å². The number of carbonyl (C=O) groups excluding carboxylic acids is 1. The fraction of sp³-hybridized carbons (Fsp3) is 0.0667. The van der Waals surface area contributed by atoms with Crippen LogP contribution < -0.4 is 0 Å². The van der Waals surface area contributed by atoms with Gasteiger partial charge in [-0.2, -0.15) is 0 Å². The summed E-state index contributed by atoms with van der Waals surface area (Å²) in [7, 11) is 0. The highest BCUT2D eigenvalue weighted by atomic mass is 32.1. The van der Waals surface area contributed by atoms with Crippen molar-refractivity contribution in [2.24, 2.45) is 4.99 Å². The summed E-state index contributed by atoms with van der Waals surface area (Å²) < 4.78 is 5.15. The normalized spacial score (nSPS) is 15.8. The maximum atomic E-state index is 11.9. The van der Waals surface area contributed by atoms with E-state index in [1.54, 1.807) is 19.1 Å². The highest BCUT2D eigenvalue weighted by Gasteiger charge is 2.27. The van der Waals surface area contributed by atoms with Crippen LogP contribution in [0.1, 0.15) is 16.0 Å². The van der Waals surface area contributed by atoms with E-state index in [1.807, 2.05) is 17.5 Å². The van der Waals surface area contributed by atoms with Gasteiger partial charge in [0.05, 0.1) is 4.92 Å². The first kappa shape index (κ1) is 14.2. The minimum Gasteiger partial charge on any atom is -0.402 e. The number of rotatable bonds is 3. The maximum absolute atomic E-state index is 11.9. The molecule has 0 N–H and O–H groups in total. The van der Waals surface area contributed by atoms with E-state index < -0.39 is 10.9 Å². The van der Waals surface area contributed by atoms with Crippen molar-refractivity contribution < 1.29 is 14.5 Å². The predicted molar refractivity (Wildman–Crippen MR) is 82.8 cm³/mol. The van der Waals surface area contributed by atoms with E-state index in [-0.39, 0.29) is 17.3 Å². The zero-order valence-corrected chi connectivity index (χ0v) is 12.3. The number of cyclic esters (lactones) is 1. The molecule has 0 spiro atoms. The number of nitrogens with zero attached hydrogens (tertiary/aromatic N) is 2. The third-order valence-corrected chi connectivity index (χ3v) is 3.99. The Morgan fingerprint density at radius 3 is 2.82 bits per heavy atom. The van der Waals surface area contributed by atoms with Crippen molar-refractivity contribution >= 4 is 35.0 Å². The minimum absolute atomic E-state index is 0.0352. The molecule has 0 bridgehead atoms. The molecule has 0 aliphatic carbocycles. The van der Waals surface area contributed by atoms with Crippen LogP contribution in [-0.2, 0) is 9.53 Å². The van der Waals surface area contributed by atoms with E-state index in [0.717, 1.165) is 4.88 Å². The number of ether oxygens (including phenoxy) is 1. The largest absolute Gasteiger partial charge is 0.402 e. The van der Waals surface area contributed by atoms with Crippen molar-refractivity contribution in [2.45, 2.75) is 6.92 Å². The zero-order chi connectivity index (χ0) is 15.7. The Bertz CT molecular complexity index is 822. The second-order valence-electron chi connectivity index (χ2n) is 4.56. The molecule has 1 aliphatic heterocycles. The number of aliphatic imine (C=N–C) groups is 1. The average molecular weight is 314 g/mol. The van der Waals surface area contributed by atoms with Crippen LogP contribution in [-0.4, -0.2) is 16.8 Å². The molecule has 0 fully saturated rings. The Hall–Kier alpha value is -2.80. The van der Waals surface area contributed by atoms with Gasteiger partial charge in [0.2, 0.25) is 5.90 Å². The molecule has 1 aromatic heterocycles. The van der Waals surface area contributed by atoms with E-state index in [4.69, 9.17) is 4.74 Å². The lowest BCUT2D eigenvalue weighted by Crippen LogP contribution is -2.08. The van der Waals surface area contributed by atoms with Crippen molar-refractivity contribution in [1.29, 1.82) is 0 Å². The van der Waals surface area contributed by atoms with Gasteiger partial charge in [-0.05, 0) is 30.5 Å². The molecule has 0 atom stereocenters. The molecule has 0 saturated heterocycles. The van der Waals surface area contributed by atoms with Gasteiger partial charge in [-0.1, -0.05) is 12.1 Å². The third-order valence-electron chi connectivity index (χ3n) is 3.17. The fourth-order valence-electron chi connectivity index (χ4n) is 2.09. The lowest BCUT2D eigenvalue weighted by Gasteiger charge is -2.04. The number of nitro groups is 1. The van der Waals surface area contributed by atoms with Gasteiger partial charge in [0.15, 0.2) is 5.70 Å². The molecule has 0 radical (unpaired) electrons. The summed E-state index contributed by atoms with van der Waals surface area (Å²) in [6.45, 7) is 1.60.